The molecule has 2 aromatic carbocycles. The van der Waals surface area contributed by atoms with Crippen LogP contribution in [0.5, 0.6) is 0 Å². The van der Waals surface area contributed by atoms with Crippen LogP contribution in [0.2, 0.25) is 5.02 Å². The molecule has 2 aromatic rings. The third kappa shape index (κ3) is 3.55. The lowest BCUT2D eigenvalue weighted by Crippen LogP contribution is -2.15. The molecule has 0 atom stereocenters. The third-order valence-electron chi connectivity index (χ3n) is 2.72. The second-order valence-electron chi connectivity index (χ2n) is 4.17. The molecule has 21 heavy (non-hydrogen) atoms. The Bertz CT molecular complexity index is 763. The van der Waals surface area contributed by atoms with Gasteiger partial charge < -0.3 is 5.73 Å². The number of para-hydroxylation sites is 1. The Labute approximate surface area is 135 Å². The number of halogens is 3. The Hall–Kier alpha value is -1.15. The molecule has 3 N–H and O–H groups in total. The zero-order chi connectivity index (χ0) is 15.6. The first kappa shape index (κ1) is 16.2. The zero-order valence-electron chi connectivity index (χ0n) is 10.6. The van der Waals surface area contributed by atoms with Gasteiger partial charge in [0, 0.05) is 11.0 Å². The molecule has 0 aliphatic heterocycles. The van der Waals surface area contributed by atoms with Gasteiger partial charge in [-0.15, -0.1) is 0 Å². The lowest BCUT2D eigenvalue weighted by molar-refractivity contribution is 0.598. The van der Waals surface area contributed by atoms with Crippen LogP contribution >= 0.6 is 27.5 Å². The molecule has 0 bridgehead atoms. The van der Waals surface area contributed by atoms with Crippen LogP contribution in [-0.2, 0) is 16.6 Å². The highest BCUT2D eigenvalue weighted by Crippen LogP contribution is 2.30. The predicted octanol–water partition coefficient (Wildman–Crippen LogP) is 3.50. The Balaban J connectivity index is 2.48. The topological polar surface area (TPSA) is 72.2 Å². The minimum atomic E-state index is -4.03. The standard InChI is InChI=1S/C13H11BrClFN2O2S/c14-9-2-1-3-11(16)13(9)18-21(19,20)12-6-8(7-17)4-5-10(12)15/h1-6,18H,7,17H2. The van der Waals surface area contributed by atoms with Crippen molar-refractivity contribution in [2.45, 2.75) is 11.4 Å². The zero-order valence-corrected chi connectivity index (χ0v) is 13.8. The monoisotopic (exact) mass is 392 g/mol. The molecular weight excluding hydrogens is 383 g/mol. The van der Waals surface area contributed by atoms with Crippen molar-refractivity contribution in [1.82, 2.24) is 0 Å². The number of rotatable bonds is 4. The molecule has 0 spiro atoms. The van der Waals surface area contributed by atoms with E-state index in [9.17, 15) is 12.8 Å². The molecule has 0 aromatic heterocycles. The van der Waals surface area contributed by atoms with Gasteiger partial charge in [-0.05, 0) is 45.8 Å². The molecule has 0 saturated carbocycles. The maximum Gasteiger partial charge on any atom is 0.263 e. The van der Waals surface area contributed by atoms with Gasteiger partial charge in [-0.2, -0.15) is 0 Å². The summed E-state index contributed by atoms with van der Waals surface area (Å²) in [6, 6.07) is 8.56. The molecule has 4 nitrogen and oxygen atoms in total. The van der Waals surface area contributed by atoms with Crippen molar-refractivity contribution in [2.75, 3.05) is 4.72 Å². The highest BCUT2D eigenvalue weighted by atomic mass is 79.9. The molecule has 2 rings (SSSR count). The van der Waals surface area contributed by atoms with Gasteiger partial charge in [0.25, 0.3) is 10.0 Å². The SMILES string of the molecule is NCc1ccc(Cl)c(S(=O)(=O)Nc2c(F)cccc2Br)c1. The first-order valence-corrected chi connectivity index (χ1v) is 8.46. The summed E-state index contributed by atoms with van der Waals surface area (Å²) >= 11 is 9.02. The van der Waals surface area contributed by atoms with E-state index in [4.69, 9.17) is 17.3 Å². The van der Waals surface area contributed by atoms with E-state index in [2.05, 4.69) is 20.7 Å². The van der Waals surface area contributed by atoms with Gasteiger partial charge in [0.15, 0.2) is 0 Å². The van der Waals surface area contributed by atoms with Crippen molar-refractivity contribution in [1.29, 1.82) is 0 Å². The molecular formula is C13H11BrClFN2O2S. The van der Waals surface area contributed by atoms with E-state index in [0.717, 1.165) is 6.07 Å². The number of anilines is 1. The van der Waals surface area contributed by atoms with Crippen molar-refractivity contribution in [3.05, 3.63) is 57.3 Å². The van der Waals surface area contributed by atoms with Gasteiger partial charge in [-0.3, -0.25) is 4.72 Å². The largest absolute Gasteiger partial charge is 0.326 e. The van der Waals surface area contributed by atoms with Gasteiger partial charge in [0.05, 0.1) is 10.7 Å². The maximum atomic E-state index is 13.7. The lowest BCUT2D eigenvalue weighted by Gasteiger charge is -2.12. The molecule has 0 aliphatic carbocycles. The fourth-order valence-corrected chi connectivity index (χ4v) is 3.88. The summed E-state index contributed by atoms with van der Waals surface area (Å²) in [5, 5.41) is 0.0344. The van der Waals surface area contributed by atoms with E-state index in [1.807, 2.05) is 0 Å². The van der Waals surface area contributed by atoms with Crippen LogP contribution in [0, 0.1) is 5.82 Å². The van der Waals surface area contributed by atoms with Gasteiger partial charge in [0.1, 0.15) is 10.7 Å². The molecule has 0 amide bonds. The Morgan fingerprint density at radius 2 is 2.00 bits per heavy atom. The van der Waals surface area contributed by atoms with E-state index in [-0.39, 0.29) is 26.6 Å². The quantitative estimate of drug-likeness (QED) is 0.835. The van der Waals surface area contributed by atoms with Crippen LogP contribution in [0.1, 0.15) is 5.56 Å². The fraction of sp³-hybridized carbons (Fsp3) is 0.0769. The fourth-order valence-electron chi connectivity index (χ4n) is 1.67. The van der Waals surface area contributed by atoms with Gasteiger partial charge in [-0.1, -0.05) is 23.7 Å². The van der Waals surface area contributed by atoms with E-state index in [1.54, 1.807) is 6.07 Å². The number of hydrogen-bond donors (Lipinski definition) is 2. The summed E-state index contributed by atoms with van der Waals surface area (Å²) in [6.07, 6.45) is 0. The van der Waals surface area contributed by atoms with E-state index >= 15 is 0 Å². The van der Waals surface area contributed by atoms with Crippen LogP contribution in [0.25, 0.3) is 0 Å². The maximum absolute atomic E-state index is 13.7. The highest BCUT2D eigenvalue weighted by Gasteiger charge is 2.21. The Morgan fingerprint density at radius 1 is 1.29 bits per heavy atom. The van der Waals surface area contributed by atoms with Crippen LogP contribution < -0.4 is 10.5 Å². The minimum Gasteiger partial charge on any atom is -0.326 e. The van der Waals surface area contributed by atoms with Gasteiger partial charge in [-0.25, -0.2) is 12.8 Å². The molecule has 8 heteroatoms. The van der Waals surface area contributed by atoms with Crippen molar-refractivity contribution in [2.24, 2.45) is 5.73 Å². The normalized spacial score (nSPS) is 11.4. The average Bonchev–Trinajstić information content (AvgIpc) is 2.43. The van der Waals surface area contributed by atoms with Crippen molar-refractivity contribution in [3.8, 4) is 0 Å². The number of benzene rings is 2. The first-order valence-electron chi connectivity index (χ1n) is 5.80. The van der Waals surface area contributed by atoms with E-state index in [0.29, 0.717) is 5.56 Å². The van der Waals surface area contributed by atoms with Crippen LogP contribution in [0.3, 0.4) is 0 Å². The van der Waals surface area contributed by atoms with E-state index in [1.165, 1.54) is 24.3 Å². The van der Waals surface area contributed by atoms with Crippen LogP contribution in [0.4, 0.5) is 10.1 Å². The van der Waals surface area contributed by atoms with Gasteiger partial charge in [0.2, 0.25) is 0 Å². The van der Waals surface area contributed by atoms with Gasteiger partial charge >= 0.3 is 0 Å². The molecule has 0 fully saturated rings. The number of nitrogens with one attached hydrogen (secondary N) is 1. The Morgan fingerprint density at radius 3 is 2.62 bits per heavy atom. The van der Waals surface area contributed by atoms with Crippen LogP contribution in [-0.4, -0.2) is 8.42 Å². The second kappa shape index (κ2) is 6.31. The van der Waals surface area contributed by atoms with Crippen LogP contribution in [0.15, 0.2) is 45.8 Å². The molecule has 112 valence electrons. The molecule has 0 heterocycles. The van der Waals surface area contributed by atoms with Crippen molar-refractivity contribution >= 4 is 43.2 Å². The predicted molar refractivity (Wildman–Crippen MR) is 84.3 cm³/mol. The second-order valence-corrected chi connectivity index (χ2v) is 7.08. The van der Waals surface area contributed by atoms with E-state index < -0.39 is 15.8 Å². The smallest absolute Gasteiger partial charge is 0.263 e. The minimum absolute atomic E-state index is 0.0344. The number of nitrogens with two attached hydrogens (primary N) is 1. The molecule has 0 radical (unpaired) electrons. The number of sulfonamides is 1. The average molecular weight is 394 g/mol. The summed E-state index contributed by atoms with van der Waals surface area (Å²) < 4.78 is 41.0. The summed E-state index contributed by atoms with van der Waals surface area (Å²) in [7, 11) is -4.03. The molecule has 0 unspecified atom stereocenters. The summed E-state index contributed by atoms with van der Waals surface area (Å²) in [6.45, 7) is 0.170. The molecule has 0 saturated heterocycles. The highest BCUT2D eigenvalue weighted by molar-refractivity contribution is 9.10. The summed E-state index contributed by atoms with van der Waals surface area (Å²) in [5.74, 6) is -0.695. The summed E-state index contributed by atoms with van der Waals surface area (Å²) in [5.41, 5.74) is 5.92. The Kier molecular flexibility index (Phi) is 4.88. The lowest BCUT2D eigenvalue weighted by atomic mass is 10.2. The molecule has 0 aliphatic rings. The number of hydrogen-bond acceptors (Lipinski definition) is 3. The summed E-state index contributed by atoms with van der Waals surface area (Å²) in [4.78, 5) is -0.151. The third-order valence-corrected chi connectivity index (χ3v) is 5.21. The van der Waals surface area contributed by atoms with Crippen molar-refractivity contribution < 1.29 is 12.8 Å². The van der Waals surface area contributed by atoms with Crippen molar-refractivity contribution in [3.63, 3.8) is 0 Å². The first-order chi connectivity index (χ1) is 9.85.